The molecule has 144 valence electrons. The van der Waals surface area contributed by atoms with Crippen molar-refractivity contribution in [3.8, 4) is 0 Å². The van der Waals surface area contributed by atoms with Gasteiger partial charge in [0.25, 0.3) is 11.8 Å². The number of benzene rings is 1. The van der Waals surface area contributed by atoms with Gasteiger partial charge in [-0.3, -0.25) is 18.7 Å². The molecule has 2 aliphatic heterocycles. The van der Waals surface area contributed by atoms with Gasteiger partial charge in [0.05, 0.1) is 6.04 Å². The Balaban J connectivity index is 0.00000196. The molecule has 0 spiro atoms. The van der Waals surface area contributed by atoms with Crippen LogP contribution in [-0.2, 0) is 34.5 Å². The van der Waals surface area contributed by atoms with Gasteiger partial charge in [0.15, 0.2) is 6.10 Å². The molecule has 1 aromatic carbocycles. The molecule has 0 bridgehead atoms. The number of rotatable bonds is 5. The maximum atomic E-state index is 12.8. The van der Waals surface area contributed by atoms with E-state index in [1.165, 1.54) is 24.3 Å². The molecule has 3 rings (SSSR count). The molecule has 0 aromatic heterocycles. The van der Waals surface area contributed by atoms with Crippen LogP contribution in [0.25, 0.3) is 0 Å². The number of amides is 2. The molecule has 1 aromatic rings. The summed E-state index contributed by atoms with van der Waals surface area (Å²) in [5, 5.41) is 0. The van der Waals surface area contributed by atoms with E-state index in [1.54, 1.807) is 6.07 Å². The Kier molecular flexibility index (Phi) is 6.38. The molecule has 3 atom stereocenters. The first-order valence-electron chi connectivity index (χ1n) is 7.32. The third kappa shape index (κ3) is 4.35. The number of hydrogen-bond donors (Lipinski definition) is 2. The topological polar surface area (TPSA) is 159 Å². The quantitative estimate of drug-likeness (QED) is 0.272. The molecule has 0 radical (unpaired) electrons. The number of β-lactam (4-membered cyclic amide) rings is 1. The zero-order valence-electron chi connectivity index (χ0n) is 15.0. The summed E-state index contributed by atoms with van der Waals surface area (Å²) in [4.78, 5) is 25.8. The van der Waals surface area contributed by atoms with Crippen molar-refractivity contribution in [1.82, 2.24) is 9.21 Å². The Morgan fingerprint density at radius 2 is 1.78 bits per heavy atom. The second kappa shape index (κ2) is 7.75. The van der Waals surface area contributed by atoms with E-state index < -0.39 is 50.7 Å². The van der Waals surface area contributed by atoms with Crippen molar-refractivity contribution in [3.63, 3.8) is 0 Å². The monoisotopic (exact) mass is 430 g/mol. The van der Waals surface area contributed by atoms with Crippen molar-refractivity contribution in [2.24, 2.45) is 0 Å². The Hall–Kier alpha value is -1.06. The molecule has 14 heteroatoms. The molecule has 2 saturated heterocycles. The van der Waals surface area contributed by atoms with E-state index in [0.29, 0.717) is 0 Å². The largest absolute Gasteiger partial charge is 1.00 e. The summed E-state index contributed by atoms with van der Waals surface area (Å²) in [7, 11) is -9.73. The second-order valence-electron chi connectivity index (χ2n) is 5.76. The molecule has 0 aliphatic carbocycles. The van der Waals surface area contributed by atoms with Gasteiger partial charge in [0.1, 0.15) is 6.04 Å². The van der Waals surface area contributed by atoms with Gasteiger partial charge in [0.2, 0.25) is 0 Å². The fourth-order valence-corrected chi connectivity index (χ4v) is 4.54. The normalized spacial score (nSPS) is 23.3. The van der Waals surface area contributed by atoms with E-state index >= 15 is 0 Å². The van der Waals surface area contributed by atoms with Gasteiger partial charge in [-0.1, -0.05) is 30.3 Å². The first kappa shape index (κ1) is 22.2. The van der Waals surface area contributed by atoms with Crippen molar-refractivity contribution in [2.75, 3.05) is 6.54 Å². The van der Waals surface area contributed by atoms with Crippen molar-refractivity contribution < 1.29 is 70.7 Å². The fourth-order valence-electron chi connectivity index (χ4n) is 3.20. The van der Waals surface area contributed by atoms with Crippen LogP contribution < -0.4 is 29.6 Å². The van der Waals surface area contributed by atoms with Crippen LogP contribution in [0.15, 0.2) is 30.3 Å². The molecule has 2 fully saturated rings. The minimum absolute atomic E-state index is 0. The second-order valence-corrected chi connectivity index (χ2v) is 8.10. The van der Waals surface area contributed by atoms with E-state index in [2.05, 4.69) is 4.18 Å². The van der Waals surface area contributed by atoms with E-state index in [9.17, 15) is 26.4 Å². The molecule has 11 nitrogen and oxygen atoms in total. The van der Waals surface area contributed by atoms with Gasteiger partial charge in [-0.05, 0) is 12.0 Å². The molecular weight excluding hydrogens is 415 g/mol. The van der Waals surface area contributed by atoms with Crippen LogP contribution in [0.5, 0.6) is 0 Å². The molecule has 2 aliphatic rings. The molecule has 2 amide bonds. The summed E-state index contributed by atoms with van der Waals surface area (Å²) in [5.41, 5.74) is 0.122. The molecule has 0 saturated carbocycles. The number of hydrogen-bond acceptors (Lipinski definition) is 7. The van der Waals surface area contributed by atoms with Crippen LogP contribution in [0.2, 0.25) is 0 Å². The maximum Gasteiger partial charge on any atom is 1.00 e. The smallest absolute Gasteiger partial charge is 1.00 e. The molecule has 2 N–H and O–H groups in total. The third-order valence-electron chi connectivity index (χ3n) is 4.21. The van der Waals surface area contributed by atoms with Crippen LogP contribution in [-0.4, -0.2) is 65.6 Å². The SMILES string of the molecule is O=C([C@H](OS(=O)(=O)O)c1ccccc1)N1CC[C@@H]2[C@H]1C(=O)N2S(=O)(=O)O.[H-].[Na+]. The van der Waals surface area contributed by atoms with Crippen molar-refractivity contribution >= 4 is 32.5 Å². The van der Waals surface area contributed by atoms with Crippen LogP contribution >= 0.6 is 0 Å². The number of likely N-dealkylation sites (tertiary alicyclic amines) is 1. The molecular formula is C13H15N2NaO9S2. The van der Waals surface area contributed by atoms with Crippen LogP contribution in [0.1, 0.15) is 19.5 Å². The average molecular weight is 430 g/mol. The molecule has 0 unspecified atom stereocenters. The predicted molar refractivity (Wildman–Crippen MR) is 85.2 cm³/mol. The van der Waals surface area contributed by atoms with Crippen molar-refractivity contribution in [3.05, 3.63) is 35.9 Å². The van der Waals surface area contributed by atoms with Gasteiger partial charge in [-0.2, -0.15) is 16.8 Å². The van der Waals surface area contributed by atoms with Gasteiger partial charge in [-0.15, -0.1) is 0 Å². The van der Waals surface area contributed by atoms with Crippen molar-refractivity contribution in [1.29, 1.82) is 0 Å². The standard InChI is InChI=1S/C13H14N2O9S2.Na.H/c16-12-10-9(15(12)25(18,19)20)6-7-14(10)13(17)11(24-26(21,22)23)8-4-2-1-3-5-8;;/h1-5,9-11H,6-7H2,(H,18,19,20)(H,21,22,23);;/q;+1;-1/t9-,10+,11-;;/m1../s1. The number of carbonyl (C=O) groups is 2. The zero-order chi connectivity index (χ0) is 19.3. The third-order valence-corrected chi connectivity index (χ3v) is 5.60. The zero-order valence-corrected chi connectivity index (χ0v) is 17.6. The number of nitrogens with zero attached hydrogens (tertiary/aromatic N) is 2. The summed E-state index contributed by atoms with van der Waals surface area (Å²) in [6.07, 6.45) is -1.66. The van der Waals surface area contributed by atoms with Crippen molar-refractivity contribution in [2.45, 2.75) is 24.6 Å². The average Bonchev–Trinajstić information content (AvgIpc) is 2.89. The van der Waals surface area contributed by atoms with E-state index in [0.717, 1.165) is 4.90 Å². The van der Waals surface area contributed by atoms with Crippen LogP contribution in [0.3, 0.4) is 0 Å². The number of fused-ring (bicyclic) bond motifs is 1. The fraction of sp³-hybridized carbons (Fsp3) is 0.385. The Bertz CT molecular complexity index is 957. The summed E-state index contributed by atoms with van der Waals surface area (Å²) in [5.74, 6) is -1.92. The minimum Gasteiger partial charge on any atom is -1.00 e. The molecule has 2 heterocycles. The minimum atomic E-state index is -4.99. The van der Waals surface area contributed by atoms with Crippen LogP contribution in [0, 0.1) is 0 Å². The van der Waals surface area contributed by atoms with E-state index in [-0.39, 0.29) is 53.8 Å². The van der Waals surface area contributed by atoms with Gasteiger partial charge >= 0.3 is 50.3 Å². The van der Waals surface area contributed by atoms with Crippen LogP contribution in [0.4, 0.5) is 0 Å². The summed E-state index contributed by atoms with van der Waals surface area (Å²) in [6.45, 7) is -0.0515. The van der Waals surface area contributed by atoms with Gasteiger partial charge in [-0.25, -0.2) is 8.49 Å². The Morgan fingerprint density at radius 3 is 2.30 bits per heavy atom. The summed E-state index contributed by atoms with van der Waals surface area (Å²) >= 11 is 0. The van der Waals surface area contributed by atoms with E-state index in [4.69, 9.17) is 9.11 Å². The Labute approximate surface area is 178 Å². The molecule has 27 heavy (non-hydrogen) atoms. The number of carbonyl (C=O) groups excluding carboxylic acids is 2. The predicted octanol–water partition coefficient (Wildman–Crippen LogP) is -3.72. The Morgan fingerprint density at radius 1 is 1.19 bits per heavy atom. The maximum absolute atomic E-state index is 12.8. The summed E-state index contributed by atoms with van der Waals surface area (Å²) < 4.78 is 67.4. The first-order valence-corrected chi connectivity index (χ1v) is 10.1. The van der Waals surface area contributed by atoms with E-state index in [1.807, 2.05) is 0 Å². The van der Waals surface area contributed by atoms with Gasteiger partial charge in [0, 0.05) is 6.54 Å². The first-order chi connectivity index (χ1) is 12.0. The summed E-state index contributed by atoms with van der Waals surface area (Å²) in [6, 6.07) is 5.37. The van der Waals surface area contributed by atoms with Gasteiger partial charge < -0.3 is 6.33 Å².